The van der Waals surface area contributed by atoms with Crippen LogP contribution in [0.2, 0.25) is 0 Å². The van der Waals surface area contributed by atoms with Crippen LogP contribution in [0, 0.1) is 3.57 Å². The molecule has 3 rings (SSSR count). The normalized spacial score (nSPS) is 10.7. The zero-order chi connectivity index (χ0) is 13.9. The third-order valence-electron chi connectivity index (χ3n) is 3.09. The number of carbonyl (C=O) groups excluding carboxylic acids is 1. The first kappa shape index (κ1) is 13.2. The van der Waals surface area contributed by atoms with Crippen molar-refractivity contribution in [2.75, 3.05) is 0 Å². The van der Waals surface area contributed by atoms with Gasteiger partial charge in [0.2, 0.25) is 0 Å². The summed E-state index contributed by atoms with van der Waals surface area (Å²) >= 11 is 2.16. The predicted octanol–water partition coefficient (Wildman–Crippen LogP) is 3.97. The van der Waals surface area contributed by atoms with Gasteiger partial charge in [-0.1, -0.05) is 24.3 Å². The molecule has 0 saturated heterocycles. The molecule has 0 radical (unpaired) electrons. The molecule has 1 heterocycles. The molecule has 4 heteroatoms. The number of nitrogens with one attached hydrogen (secondary N) is 1. The third kappa shape index (κ3) is 2.70. The monoisotopic (exact) mass is 377 g/mol. The van der Waals surface area contributed by atoms with E-state index < -0.39 is 0 Å². The lowest BCUT2D eigenvalue weighted by Gasteiger charge is -2.07. The second kappa shape index (κ2) is 5.66. The second-order valence-electron chi connectivity index (χ2n) is 4.46. The molecule has 1 aromatic heterocycles. The maximum atomic E-state index is 12.1. The van der Waals surface area contributed by atoms with Crippen molar-refractivity contribution in [1.82, 2.24) is 5.32 Å². The van der Waals surface area contributed by atoms with Gasteiger partial charge in [0.1, 0.15) is 5.58 Å². The van der Waals surface area contributed by atoms with Crippen molar-refractivity contribution in [2.45, 2.75) is 6.54 Å². The maximum Gasteiger partial charge on any atom is 0.252 e. The largest absolute Gasteiger partial charge is 0.464 e. The van der Waals surface area contributed by atoms with Crippen LogP contribution < -0.4 is 5.32 Å². The Balaban J connectivity index is 1.73. The van der Waals surface area contributed by atoms with Crippen molar-refractivity contribution in [2.24, 2.45) is 0 Å². The minimum atomic E-state index is -0.0606. The van der Waals surface area contributed by atoms with E-state index in [1.165, 1.54) is 0 Å². The first-order valence-corrected chi connectivity index (χ1v) is 7.31. The summed E-state index contributed by atoms with van der Waals surface area (Å²) in [7, 11) is 0. The molecule has 0 fully saturated rings. The van der Waals surface area contributed by atoms with Gasteiger partial charge in [-0.3, -0.25) is 4.79 Å². The van der Waals surface area contributed by atoms with Crippen molar-refractivity contribution >= 4 is 39.5 Å². The van der Waals surface area contributed by atoms with Gasteiger partial charge in [0.25, 0.3) is 5.91 Å². The minimum absolute atomic E-state index is 0.0606. The van der Waals surface area contributed by atoms with Crippen LogP contribution in [0.15, 0.2) is 59.2 Å². The van der Waals surface area contributed by atoms with E-state index in [1.54, 1.807) is 6.26 Å². The molecular formula is C16H12INO2. The Labute approximate surface area is 130 Å². The molecule has 3 nitrogen and oxygen atoms in total. The molecule has 0 aliphatic heterocycles. The molecule has 1 amide bonds. The molecule has 0 bridgehead atoms. The number of carbonyl (C=O) groups is 1. The van der Waals surface area contributed by atoms with Crippen molar-refractivity contribution in [3.63, 3.8) is 0 Å². The number of hydrogen-bond donors (Lipinski definition) is 1. The van der Waals surface area contributed by atoms with Crippen LogP contribution >= 0.6 is 22.6 Å². The number of rotatable bonds is 3. The Morgan fingerprint density at radius 2 is 2.00 bits per heavy atom. The van der Waals surface area contributed by atoms with Gasteiger partial charge in [0.05, 0.1) is 11.8 Å². The highest BCUT2D eigenvalue weighted by Gasteiger charge is 2.08. The maximum absolute atomic E-state index is 12.1. The predicted molar refractivity (Wildman–Crippen MR) is 86.5 cm³/mol. The number of furan rings is 1. The van der Waals surface area contributed by atoms with E-state index in [9.17, 15) is 4.79 Å². The van der Waals surface area contributed by atoms with E-state index in [0.717, 1.165) is 20.1 Å². The second-order valence-corrected chi connectivity index (χ2v) is 5.62. The van der Waals surface area contributed by atoms with Crippen molar-refractivity contribution in [3.05, 3.63) is 69.5 Å². The average Bonchev–Trinajstić information content (AvgIpc) is 2.92. The lowest BCUT2D eigenvalue weighted by molar-refractivity contribution is 0.0950. The number of halogens is 1. The Hall–Kier alpha value is -1.82. The summed E-state index contributed by atoms with van der Waals surface area (Å²) in [5, 5.41) is 3.99. The molecule has 0 saturated carbocycles. The number of benzene rings is 2. The fraction of sp³-hybridized carbons (Fsp3) is 0.0625. The molecule has 0 aliphatic carbocycles. The molecule has 3 aromatic rings. The Bertz CT molecular complexity index is 764. The highest BCUT2D eigenvalue weighted by Crippen LogP contribution is 2.17. The lowest BCUT2D eigenvalue weighted by atomic mass is 10.1. The fourth-order valence-corrected chi connectivity index (χ4v) is 2.66. The molecule has 0 spiro atoms. The van der Waals surface area contributed by atoms with Gasteiger partial charge < -0.3 is 9.73 Å². The van der Waals surface area contributed by atoms with Crippen molar-refractivity contribution < 1.29 is 9.21 Å². The average molecular weight is 377 g/mol. The first-order valence-electron chi connectivity index (χ1n) is 6.23. The molecule has 100 valence electrons. The molecule has 2 aromatic carbocycles. The summed E-state index contributed by atoms with van der Waals surface area (Å²) in [4.78, 5) is 12.1. The SMILES string of the molecule is O=C(NCc1ccc2ccoc2c1)c1ccccc1I. The smallest absolute Gasteiger partial charge is 0.252 e. The molecule has 0 atom stereocenters. The van der Waals surface area contributed by atoms with E-state index in [0.29, 0.717) is 12.1 Å². The van der Waals surface area contributed by atoms with E-state index in [-0.39, 0.29) is 5.91 Å². The fourth-order valence-electron chi connectivity index (χ4n) is 2.03. The van der Waals surface area contributed by atoms with Crippen LogP contribution in [0.4, 0.5) is 0 Å². The summed E-state index contributed by atoms with van der Waals surface area (Å²) in [6.45, 7) is 0.487. The zero-order valence-corrected chi connectivity index (χ0v) is 12.8. The Morgan fingerprint density at radius 3 is 2.85 bits per heavy atom. The van der Waals surface area contributed by atoms with Crippen LogP contribution in [-0.4, -0.2) is 5.91 Å². The highest BCUT2D eigenvalue weighted by atomic mass is 127. The summed E-state index contributed by atoms with van der Waals surface area (Å²) in [6.07, 6.45) is 1.67. The van der Waals surface area contributed by atoms with Gasteiger partial charge in [0, 0.05) is 15.5 Å². The minimum Gasteiger partial charge on any atom is -0.464 e. The molecular weight excluding hydrogens is 365 g/mol. The first-order chi connectivity index (χ1) is 9.74. The molecule has 0 aliphatic rings. The Kier molecular flexibility index (Phi) is 3.73. The Morgan fingerprint density at radius 1 is 1.15 bits per heavy atom. The van der Waals surface area contributed by atoms with Crippen LogP contribution in [0.5, 0.6) is 0 Å². The number of hydrogen-bond acceptors (Lipinski definition) is 2. The topological polar surface area (TPSA) is 42.2 Å². The van der Waals surface area contributed by atoms with Gasteiger partial charge in [0.15, 0.2) is 0 Å². The number of amides is 1. The summed E-state index contributed by atoms with van der Waals surface area (Å²) in [6, 6.07) is 15.4. The van der Waals surface area contributed by atoms with Gasteiger partial charge in [-0.2, -0.15) is 0 Å². The molecule has 0 unspecified atom stereocenters. The summed E-state index contributed by atoms with van der Waals surface area (Å²) < 4.78 is 6.30. The standard InChI is InChI=1S/C16H12INO2/c17-14-4-2-1-3-13(14)16(19)18-10-11-5-6-12-7-8-20-15(12)9-11/h1-9H,10H2,(H,18,19). The van der Waals surface area contributed by atoms with E-state index >= 15 is 0 Å². The van der Waals surface area contributed by atoms with E-state index in [1.807, 2.05) is 48.5 Å². The molecule has 20 heavy (non-hydrogen) atoms. The van der Waals surface area contributed by atoms with Crippen LogP contribution in [0.3, 0.4) is 0 Å². The third-order valence-corrected chi connectivity index (χ3v) is 4.03. The quantitative estimate of drug-likeness (QED) is 0.702. The van der Waals surface area contributed by atoms with Crippen LogP contribution in [0.1, 0.15) is 15.9 Å². The van der Waals surface area contributed by atoms with Gasteiger partial charge >= 0.3 is 0 Å². The van der Waals surface area contributed by atoms with Crippen molar-refractivity contribution in [3.8, 4) is 0 Å². The highest BCUT2D eigenvalue weighted by molar-refractivity contribution is 14.1. The van der Waals surface area contributed by atoms with Crippen LogP contribution in [-0.2, 0) is 6.54 Å². The van der Waals surface area contributed by atoms with E-state index in [4.69, 9.17) is 4.42 Å². The summed E-state index contributed by atoms with van der Waals surface area (Å²) in [5.74, 6) is -0.0606. The van der Waals surface area contributed by atoms with E-state index in [2.05, 4.69) is 27.9 Å². The zero-order valence-electron chi connectivity index (χ0n) is 10.6. The van der Waals surface area contributed by atoms with Crippen LogP contribution in [0.25, 0.3) is 11.0 Å². The van der Waals surface area contributed by atoms with Gasteiger partial charge in [-0.25, -0.2) is 0 Å². The van der Waals surface area contributed by atoms with Gasteiger partial charge in [-0.05, 0) is 52.4 Å². The van der Waals surface area contributed by atoms with Crippen molar-refractivity contribution in [1.29, 1.82) is 0 Å². The van der Waals surface area contributed by atoms with Gasteiger partial charge in [-0.15, -0.1) is 0 Å². The summed E-state index contributed by atoms with van der Waals surface area (Å²) in [5.41, 5.74) is 2.56. The molecule has 1 N–H and O–H groups in total. The lowest BCUT2D eigenvalue weighted by Crippen LogP contribution is -2.23. The number of fused-ring (bicyclic) bond motifs is 1.